The van der Waals surface area contributed by atoms with Gasteiger partial charge in [0.15, 0.2) is 0 Å². The van der Waals surface area contributed by atoms with Crippen molar-refractivity contribution in [1.29, 1.82) is 5.26 Å². The summed E-state index contributed by atoms with van der Waals surface area (Å²) in [7, 11) is 0. The Balaban J connectivity index is 1.43. The molecule has 1 saturated carbocycles. The molecular weight excluding hydrogens is 334 g/mol. The van der Waals surface area contributed by atoms with E-state index < -0.39 is 0 Å². The van der Waals surface area contributed by atoms with Crippen LogP contribution < -0.4 is 16.6 Å². The summed E-state index contributed by atoms with van der Waals surface area (Å²) in [6, 6.07) is 7.67. The maximum atomic E-state index is 12.2. The summed E-state index contributed by atoms with van der Waals surface area (Å²) in [4.78, 5) is 19.9. The van der Waals surface area contributed by atoms with Gasteiger partial charge in [-0.05, 0) is 43.2 Å². The number of fused-ring (bicyclic) bond motifs is 1. The van der Waals surface area contributed by atoms with Gasteiger partial charge in [-0.3, -0.25) is 4.79 Å². The van der Waals surface area contributed by atoms with Crippen molar-refractivity contribution in [2.45, 2.75) is 37.0 Å². The Kier molecular flexibility index (Phi) is 4.14. The summed E-state index contributed by atoms with van der Waals surface area (Å²) in [5.41, 5.74) is 9.84. The number of benzene rings is 1. The van der Waals surface area contributed by atoms with Crippen molar-refractivity contribution in [2.24, 2.45) is 0 Å². The second-order valence-corrected chi connectivity index (χ2v) is 7.71. The van der Waals surface area contributed by atoms with E-state index in [0.29, 0.717) is 17.3 Å². The van der Waals surface area contributed by atoms with Crippen molar-refractivity contribution in [3.63, 3.8) is 0 Å². The topological polar surface area (TPSA) is 108 Å². The normalized spacial score (nSPS) is 21.7. The van der Waals surface area contributed by atoms with Crippen LogP contribution in [0.5, 0.6) is 0 Å². The number of H-pyrrole nitrogens is 1. The van der Waals surface area contributed by atoms with Crippen LogP contribution in [-0.2, 0) is 12.2 Å². The van der Waals surface area contributed by atoms with Gasteiger partial charge in [0.25, 0.3) is 5.56 Å². The lowest BCUT2D eigenvalue weighted by Gasteiger charge is -2.36. The Morgan fingerprint density at radius 1 is 1.40 bits per heavy atom. The van der Waals surface area contributed by atoms with Crippen molar-refractivity contribution >= 4 is 23.1 Å². The number of aromatic amines is 1. The smallest absolute Gasteiger partial charge is 0.255 e. The number of nitriles is 1. The number of nitrogens with two attached hydrogens (primary N) is 1. The van der Waals surface area contributed by atoms with Crippen LogP contribution in [0.3, 0.4) is 0 Å². The van der Waals surface area contributed by atoms with Crippen LogP contribution in [0.4, 0.5) is 11.4 Å². The highest BCUT2D eigenvalue weighted by Gasteiger charge is 2.33. The molecule has 25 heavy (non-hydrogen) atoms. The first-order valence-electron chi connectivity index (χ1n) is 8.40. The largest absolute Gasteiger partial charge is 0.397 e. The molecule has 2 aliphatic rings. The van der Waals surface area contributed by atoms with Gasteiger partial charge in [0.05, 0.1) is 28.7 Å². The molecule has 0 bridgehead atoms. The van der Waals surface area contributed by atoms with Gasteiger partial charge >= 0.3 is 0 Å². The highest BCUT2D eigenvalue weighted by molar-refractivity contribution is 7.98. The number of nitrogen functional groups attached to an aromatic ring is 1. The van der Waals surface area contributed by atoms with Crippen LogP contribution in [0, 0.1) is 11.3 Å². The average Bonchev–Trinajstić information content (AvgIpc) is 2.58. The van der Waals surface area contributed by atoms with Gasteiger partial charge in [0.2, 0.25) is 0 Å². The SMILES string of the molecule is N#Cc1ccc(N[C@H]2C[C@H](c3nc4c(c(=O)[nH]3)CSCC4)C2)c(N)c1. The molecule has 1 aliphatic carbocycles. The van der Waals surface area contributed by atoms with E-state index in [9.17, 15) is 4.79 Å². The predicted molar refractivity (Wildman–Crippen MR) is 99.7 cm³/mol. The first-order valence-corrected chi connectivity index (χ1v) is 9.55. The number of nitrogens with zero attached hydrogens (tertiary/aromatic N) is 2. The number of aryl methyl sites for hydroxylation is 1. The minimum atomic E-state index is 0.0277. The van der Waals surface area contributed by atoms with Crippen LogP contribution in [0.1, 0.15) is 41.4 Å². The molecule has 1 fully saturated rings. The number of aromatic nitrogens is 2. The molecule has 1 aliphatic heterocycles. The molecule has 7 heteroatoms. The monoisotopic (exact) mass is 353 g/mol. The molecule has 4 N–H and O–H groups in total. The van der Waals surface area contributed by atoms with E-state index in [1.807, 2.05) is 6.07 Å². The average molecular weight is 353 g/mol. The van der Waals surface area contributed by atoms with E-state index in [4.69, 9.17) is 16.0 Å². The van der Waals surface area contributed by atoms with Crippen molar-refractivity contribution in [1.82, 2.24) is 9.97 Å². The Morgan fingerprint density at radius 3 is 3.00 bits per heavy atom. The summed E-state index contributed by atoms with van der Waals surface area (Å²) in [5.74, 6) is 2.91. The molecule has 2 heterocycles. The minimum absolute atomic E-state index is 0.0277. The summed E-state index contributed by atoms with van der Waals surface area (Å²) < 4.78 is 0. The van der Waals surface area contributed by atoms with E-state index in [1.165, 1.54) is 0 Å². The number of hydrogen-bond donors (Lipinski definition) is 3. The van der Waals surface area contributed by atoms with Gasteiger partial charge in [-0.15, -0.1) is 0 Å². The van der Waals surface area contributed by atoms with Crippen molar-refractivity contribution < 1.29 is 0 Å². The van der Waals surface area contributed by atoms with Gasteiger partial charge in [-0.2, -0.15) is 17.0 Å². The number of anilines is 2. The van der Waals surface area contributed by atoms with Crippen molar-refractivity contribution in [3.05, 3.63) is 51.2 Å². The van der Waals surface area contributed by atoms with Crippen LogP contribution in [0.2, 0.25) is 0 Å². The van der Waals surface area contributed by atoms with E-state index in [0.717, 1.165) is 53.5 Å². The highest BCUT2D eigenvalue weighted by Crippen LogP contribution is 2.38. The third-order valence-corrected chi connectivity index (χ3v) is 5.90. The number of hydrogen-bond acceptors (Lipinski definition) is 6. The number of rotatable bonds is 3. The van der Waals surface area contributed by atoms with Gasteiger partial charge in [0, 0.05) is 23.3 Å². The Hall–Kier alpha value is -2.46. The molecule has 0 unspecified atom stereocenters. The second-order valence-electron chi connectivity index (χ2n) is 6.60. The maximum absolute atomic E-state index is 12.2. The molecule has 6 nitrogen and oxygen atoms in total. The Bertz CT molecular complexity index is 911. The zero-order valence-electron chi connectivity index (χ0n) is 13.7. The Labute approximate surface area is 149 Å². The number of thioether (sulfide) groups is 1. The summed E-state index contributed by atoms with van der Waals surface area (Å²) in [5, 5.41) is 12.3. The molecule has 1 aromatic carbocycles. The molecule has 0 spiro atoms. The molecule has 2 aromatic rings. The fourth-order valence-electron chi connectivity index (χ4n) is 3.40. The summed E-state index contributed by atoms with van der Waals surface area (Å²) >= 11 is 1.79. The van der Waals surface area contributed by atoms with E-state index >= 15 is 0 Å². The fraction of sp³-hybridized carbons (Fsp3) is 0.389. The zero-order chi connectivity index (χ0) is 17.4. The van der Waals surface area contributed by atoms with E-state index in [-0.39, 0.29) is 11.5 Å². The van der Waals surface area contributed by atoms with Crippen molar-refractivity contribution in [3.8, 4) is 6.07 Å². The standard InChI is InChI=1S/C18H19N5OS/c19-8-10-1-2-16(14(20)5-10)21-12-6-11(7-12)17-22-15-3-4-25-9-13(15)18(24)23-17/h1-2,5,11-12,21H,3-4,6-7,9,20H2,(H,22,23,24)/t11-,12-. The van der Waals surface area contributed by atoms with Crippen LogP contribution in [-0.4, -0.2) is 21.8 Å². The minimum Gasteiger partial charge on any atom is -0.397 e. The van der Waals surface area contributed by atoms with E-state index in [1.54, 1.807) is 23.9 Å². The molecule has 0 saturated heterocycles. The highest BCUT2D eigenvalue weighted by atomic mass is 32.2. The van der Waals surface area contributed by atoms with Gasteiger partial charge < -0.3 is 16.0 Å². The molecule has 128 valence electrons. The molecular formula is C18H19N5OS. The summed E-state index contributed by atoms with van der Waals surface area (Å²) in [6.45, 7) is 0. The molecule has 1 aromatic heterocycles. The van der Waals surface area contributed by atoms with Gasteiger partial charge in [-0.1, -0.05) is 0 Å². The predicted octanol–water partition coefficient (Wildman–Crippen LogP) is 2.37. The third kappa shape index (κ3) is 3.10. The maximum Gasteiger partial charge on any atom is 0.255 e. The Morgan fingerprint density at radius 2 is 2.24 bits per heavy atom. The van der Waals surface area contributed by atoms with Crippen molar-refractivity contribution in [2.75, 3.05) is 16.8 Å². The first kappa shape index (κ1) is 16.0. The van der Waals surface area contributed by atoms with E-state index in [2.05, 4.69) is 16.4 Å². The third-order valence-electron chi connectivity index (χ3n) is 4.91. The van der Waals surface area contributed by atoms with Crippen LogP contribution in [0.15, 0.2) is 23.0 Å². The lowest BCUT2D eigenvalue weighted by Crippen LogP contribution is -2.36. The molecule has 0 atom stereocenters. The lowest BCUT2D eigenvalue weighted by atomic mass is 9.79. The summed E-state index contributed by atoms with van der Waals surface area (Å²) in [6.07, 6.45) is 2.71. The van der Waals surface area contributed by atoms with Gasteiger partial charge in [0.1, 0.15) is 5.82 Å². The molecule has 0 amide bonds. The van der Waals surface area contributed by atoms with Crippen LogP contribution in [0.25, 0.3) is 0 Å². The molecule has 0 radical (unpaired) electrons. The quantitative estimate of drug-likeness (QED) is 0.731. The second kappa shape index (κ2) is 6.45. The van der Waals surface area contributed by atoms with Crippen LogP contribution >= 0.6 is 11.8 Å². The zero-order valence-corrected chi connectivity index (χ0v) is 14.5. The fourth-order valence-corrected chi connectivity index (χ4v) is 4.38. The lowest BCUT2D eigenvalue weighted by molar-refractivity contribution is 0.358. The first-order chi connectivity index (χ1) is 12.1. The number of nitrogens with one attached hydrogen (secondary N) is 2. The molecule has 4 rings (SSSR count). The van der Waals surface area contributed by atoms with Gasteiger partial charge in [-0.25, -0.2) is 4.98 Å².